The van der Waals surface area contributed by atoms with Crippen molar-refractivity contribution in [2.45, 2.75) is 24.9 Å². The van der Waals surface area contributed by atoms with E-state index < -0.39 is 12.1 Å². The Morgan fingerprint density at radius 3 is 1.34 bits per heavy atom. The van der Waals surface area contributed by atoms with Gasteiger partial charge in [0, 0.05) is 26.9 Å². The third-order valence-electron chi connectivity index (χ3n) is 5.52. The van der Waals surface area contributed by atoms with Crippen LogP contribution in [0.5, 0.6) is 0 Å². The van der Waals surface area contributed by atoms with E-state index in [2.05, 4.69) is 31.5 Å². The van der Waals surface area contributed by atoms with Gasteiger partial charge in [-0.15, -0.1) is 0 Å². The van der Waals surface area contributed by atoms with Crippen LogP contribution < -0.4 is 10.9 Å². The van der Waals surface area contributed by atoms with Crippen molar-refractivity contribution >= 4 is 23.2 Å². The molecule has 1 aliphatic heterocycles. The van der Waals surface area contributed by atoms with E-state index in [1.165, 1.54) is 0 Å². The Morgan fingerprint density at radius 2 is 1.03 bits per heavy atom. The average Bonchev–Trinajstić information content (AvgIpc) is 2.82. The molecule has 32 heavy (non-hydrogen) atoms. The fourth-order valence-electron chi connectivity index (χ4n) is 3.65. The Balaban J connectivity index is 1.68. The third kappa shape index (κ3) is 5.26. The van der Waals surface area contributed by atoms with Gasteiger partial charge in [-0.05, 0) is 35.4 Å². The second-order valence-electron chi connectivity index (χ2n) is 7.56. The molecule has 2 N–H and O–H groups in total. The van der Waals surface area contributed by atoms with Gasteiger partial charge in [-0.25, -0.2) is 0 Å². The van der Waals surface area contributed by atoms with Crippen molar-refractivity contribution in [2.24, 2.45) is 20.7 Å². The van der Waals surface area contributed by atoms with E-state index in [0.29, 0.717) is 12.8 Å². The number of hydrogen-bond acceptors (Lipinski definition) is 6. The van der Waals surface area contributed by atoms with E-state index in [1.807, 2.05) is 48.5 Å². The van der Waals surface area contributed by atoms with Crippen LogP contribution in [0, 0.1) is 0 Å². The second-order valence-corrected chi connectivity index (χ2v) is 7.56. The Kier molecular flexibility index (Phi) is 7.48. The number of hydrogen-bond donors (Lipinski definition) is 2. The fraction of sp³-hybridized carbons (Fsp3) is 0.364. The summed E-state index contributed by atoms with van der Waals surface area (Å²) in [6, 6.07) is 14.1. The number of rotatable bonds is 8. The number of anilines is 2. The largest absolute Gasteiger partial charge is 0.332 e. The topological polar surface area (TPSA) is 114 Å². The molecule has 1 fully saturated rings. The molecular weight excluding hydrogens is 408 g/mol. The van der Waals surface area contributed by atoms with Gasteiger partial charge in [0.25, 0.3) is 0 Å². The lowest BCUT2D eigenvalue weighted by Crippen LogP contribution is -2.63. The minimum atomic E-state index is -0.538. The molecule has 0 aromatic heterocycles. The van der Waals surface area contributed by atoms with Gasteiger partial charge in [-0.1, -0.05) is 34.7 Å². The number of nitrogens with zero attached hydrogens (tertiary/aromatic N) is 6. The molecule has 0 spiro atoms. The highest BCUT2D eigenvalue weighted by molar-refractivity contribution is 5.97. The van der Waals surface area contributed by atoms with Crippen LogP contribution in [0.3, 0.4) is 0 Å². The van der Waals surface area contributed by atoms with Gasteiger partial charge in [0.1, 0.15) is 12.1 Å². The summed E-state index contributed by atoms with van der Waals surface area (Å²) in [5, 5.41) is 14.8. The van der Waals surface area contributed by atoms with E-state index in [1.54, 1.807) is 38.0 Å². The molecule has 10 heteroatoms. The molecular formula is C22H28N8O2. The minimum absolute atomic E-state index is 0.0688. The van der Waals surface area contributed by atoms with Gasteiger partial charge in [0.05, 0.1) is 25.5 Å². The third-order valence-corrected chi connectivity index (χ3v) is 5.52. The van der Waals surface area contributed by atoms with Gasteiger partial charge in [0.15, 0.2) is 0 Å². The maximum absolute atomic E-state index is 13.1. The minimum Gasteiger partial charge on any atom is -0.332 e. The monoisotopic (exact) mass is 436 g/mol. The normalized spacial score (nSPS) is 19.2. The van der Waals surface area contributed by atoms with Gasteiger partial charge in [0.2, 0.25) is 11.8 Å². The SMILES string of the molecule is CN=NNc1ccc(C[C@H]2C(=O)N(C)[C@@H](Cc3ccc(NN=NC)cc3)C(=O)N2C)cc1. The smallest absolute Gasteiger partial charge is 0.246 e. The number of piperazine rings is 1. The molecule has 0 unspecified atom stereocenters. The summed E-state index contributed by atoms with van der Waals surface area (Å²) in [6.07, 6.45) is 0.889. The van der Waals surface area contributed by atoms with Crippen molar-refractivity contribution < 1.29 is 9.59 Å². The van der Waals surface area contributed by atoms with Crippen molar-refractivity contribution in [3.05, 3.63) is 59.7 Å². The Morgan fingerprint density at radius 1 is 0.688 bits per heavy atom. The number of likely N-dealkylation sites (N-methyl/N-ethyl adjacent to an activating group) is 2. The van der Waals surface area contributed by atoms with Crippen LogP contribution in [0.4, 0.5) is 11.4 Å². The highest BCUT2D eigenvalue weighted by Crippen LogP contribution is 2.23. The molecule has 2 aromatic carbocycles. The first-order valence-electron chi connectivity index (χ1n) is 10.3. The number of carbonyl (C=O) groups excluding carboxylic acids is 2. The molecule has 2 atom stereocenters. The fourth-order valence-corrected chi connectivity index (χ4v) is 3.65. The molecule has 3 rings (SSSR count). The summed E-state index contributed by atoms with van der Waals surface area (Å²) in [7, 11) is 6.56. The standard InChI is InChI=1S/C22H28N8O2/c1-23-27-25-17-9-5-15(6-10-17)13-19-21(31)30(4)20(22(32)29(19)3)14-16-7-11-18(12-8-16)26-28-24-2/h5-12,19-20H,13-14H2,1-4H3,(H,23,25)(H,24,26)/t19-,20-/m0/s1. The zero-order valence-electron chi connectivity index (χ0n) is 18.7. The van der Waals surface area contributed by atoms with Crippen molar-refractivity contribution in [3.8, 4) is 0 Å². The summed E-state index contributed by atoms with van der Waals surface area (Å²) in [5.41, 5.74) is 9.13. The molecule has 1 heterocycles. The molecule has 0 radical (unpaired) electrons. The molecule has 1 saturated heterocycles. The van der Waals surface area contributed by atoms with Gasteiger partial charge < -0.3 is 9.80 Å². The zero-order chi connectivity index (χ0) is 23.1. The van der Waals surface area contributed by atoms with E-state index in [0.717, 1.165) is 22.5 Å². The number of amides is 2. The predicted octanol–water partition coefficient (Wildman–Crippen LogP) is 2.96. The Bertz CT molecular complexity index is 906. The van der Waals surface area contributed by atoms with Crippen LogP contribution in [-0.2, 0) is 22.4 Å². The van der Waals surface area contributed by atoms with Crippen molar-refractivity contribution in [2.75, 3.05) is 39.0 Å². The first-order chi connectivity index (χ1) is 15.4. The Labute approximate surface area is 187 Å². The molecule has 2 amide bonds. The quantitative estimate of drug-likeness (QED) is 0.489. The van der Waals surface area contributed by atoms with E-state index in [-0.39, 0.29) is 11.8 Å². The lowest BCUT2D eigenvalue weighted by molar-refractivity contribution is -0.158. The van der Waals surface area contributed by atoms with Crippen LogP contribution in [0.1, 0.15) is 11.1 Å². The molecule has 0 saturated carbocycles. The highest BCUT2D eigenvalue weighted by atomic mass is 16.2. The Hall–Kier alpha value is -3.82. The maximum Gasteiger partial charge on any atom is 0.246 e. The lowest BCUT2D eigenvalue weighted by Gasteiger charge is -2.42. The summed E-state index contributed by atoms with van der Waals surface area (Å²) in [5.74, 6) is -0.138. The van der Waals surface area contributed by atoms with Gasteiger partial charge in [-0.3, -0.25) is 20.4 Å². The molecule has 10 nitrogen and oxygen atoms in total. The average molecular weight is 437 g/mol. The van der Waals surface area contributed by atoms with Crippen molar-refractivity contribution in [1.29, 1.82) is 0 Å². The number of nitrogens with one attached hydrogen (secondary N) is 2. The number of carbonyl (C=O) groups is 2. The summed E-state index contributed by atoms with van der Waals surface area (Å²) >= 11 is 0. The summed E-state index contributed by atoms with van der Waals surface area (Å²) < 4.78 is 0. The lowest BCUT2D eigenvalue weighted by atomic mass is 9.95. The molecule has 2 aromatic rings. The van der Waals surface area contributed by atoms with Crippen LogP contribution in [0.15, 0.2) is 69.2 Å². The predicted molar refractivity (Wildman–Crippen MR) is 122 cm³/mol. The maximum atomic E-state index is 13.1. The van der Waals surface area contributed by atoms with Crippen molar-refractivity contribution in [3.63, 3.8) is 0 Å². The molecule has 168 valence electrons. The van der Waals surface area contributed by atoms with E-state index in [4.69, 9.17) is 0 Å². The van der Waals surface area contributed by atoms with Crippen LogP contribution in [-0.4, -0.2) is 61.9 Å². The first kappa shape index (κ1) is 22.9. The molecule has 0 aliphatic carbocycles. The van der Waals surface area contributed by atoms with E-state index >= 15 is 0 Å². The molecule has 1 aliphatic rings. The zero-order valence-corrected chi connectivity index (χ0v) is 18.7. The molecule has 0 bridgehead atoms. The van der Waals surface area contributed by atoms with Crippen LogP contribution in [0.25, 0.3) is 0 Å². The number of benzene rings is 2. The summed E-state index contributed by atoms with van der Waals surface area (Å²) in [6.45, 7) is 0. The van der Waals surface area contributed by atoms with Gasteiger partial charge >= 0.3 is 0 Å². The van der Waals surface area contributed by atoms with Crippen molar-refractivity contribution in [1.82, 2.24) is 9.80 Å². The van der Waals surface area contributed by atoms with Gasteiger partial charge in [-0.2, -0.15) is 10.2 Å². The van der Waals surface area contributed by atoms with Crippen LogP contribution >= 0.6 is 0 Å². The second kappa shape index (κ2) is 10.5. The summed E-state index contributed by atoms with van der Waals surface area (Å²) in [4.78, 5) is 29.4. The first-order valence-corrected chi connectivity index (χ1v) is 10.3. The highest BCUT2D eigenvalue weighted by Gasteiger charge is 2.42. The van der Waals surface area contributed by atoms with Crippen LogP contribution in [0.2, 0.25) is 0 Å². The van der Waals surface area contributed by atoms with E-state index in [9.17, 15) is 9.59 Å².